The molecular weight excluding hydrogens is 488 g/mol. The third-order valence-electron chi connectivity index (χ3n) is 10.0. The van der Waals surface area contributed by atoms with Gasteiger partial charge in [0.15, 0.2) is 0 Å². The Morgan fingerprint density at radius 2 is 1.76 bits per heavy atom. The van der Waals surface area contributed by atoms with Crippen LogP contribution in [0.25, 0.3) is 0 Å². The molecule has 6 unspecified atom stereocenters. The summed E-state index contributed by atoms with van der Waals surface area (Å²) in [5, 5.41) is 6.36. The van der Waals surface area contributed by atoms with Gasteiger partial charge in [-0.3, -0.25) is 15.2 Å². The van der Waals surface area contributed by atoms with Crippen LogP contribution in [0.15, 0.2) is 0 Å². The molecule has 5 aliphatic rings. The van der Waals surface area contributed by atoms with Crippen LogP contribution < -0.4 is 15.5 Å². The first-order valence-electron chi connectivity index (χ1n) is 15.1. The number of methoxy groups -OCH3 is 1. The molecular formula is C27H52N6O3S. The molecule has 9 nitrogen and oxygen atoms in total. The Bertz CT molecular complexity index is 825. The van der Waals surface area contributed by atoms with Crippen LogP contribution in [0.5, 0.6) is 0 Å². The fourth-order valence-corrected chi connectivity index (χ4v) is 8.61. The van der Waals surface area contributed by atoms with E-state index >= 15 is 0 Å². The average Bonchev–Trinajstić information content (AvgIpc) is 3.27. The molecule has 3 aliphatic heterocycles. The van der Waals surface area contributed by atoms with E-state index in [2.05, 4.69) is 30.3 Å². The van der Waals surface area contributed by atoms with Gasteiger partial charge in [0.2, 0.25) is 10.0 Å². The number of piperidine rings is 1. The van der Waals surface area contributed by atoms with Gasteiger partial charge >= 0.3 is 0 Å². The summed E-state index contributed by atoms with van der Waals surface area (Å²) in [5.74, 6) is 0.768. The lowest BCUT2D eigenvalue weighted by molar-refractivity contribution is -0.0492. The summed E-state index contributed by atoms with van der Waals surface area (Å²) in [6, 6.07) is 2.04. The zero-order chi connectivity index (χ0) is 25.8. The van der Waals surface area contributed by atoms with Crippen molar-refractivity contribution in [1.82, 2.24) is 30.3 Å². The van der Waals surface area contributed by atoms with Crippen molar-refractivity contribution in [3.8, 4) is 0 Å². The van der Waals surface area contributed by atoms with Crippen molar-refractivity contribution in [1.29, 1.82) is 0 Å². The Morgan fingerprint density at radius 3 is 2.54 bits per heavy atom. The van der Waals surface area contributed by atoms with Crippen molar-refractivity contribution in [2.45, 2.75) is 107 Å². The van der Waals surface area contributed by atoms with Gasteiger partial charge in [-0.25, -0.2) is 18.1 Å². The summed E-state index contributed by atoms with van der Waals surface area (Å²) in [6.45, 7) is 6.76. The predicted molar refractivity (Wildman–Crippen MR) is 148 cm³/mol. The highest BCUT2D eigenvalue weighted by molar-refractivity contribution is 7.88. The van der Waals surface area contributed by atoms with Crippen molar-refractivity contribution < 1.29 is 13.2 Å². The number of rotatable bonds is 8. The molecule has 5 rings (SSSR count). The number of fused-ring (bicyclic) bond motifs is 1. The van der Waals surface area contributed by atoms with Gasteiger partial charge < -0.3 is 10.1 Å². The summed E-state index contributed by atoms with van der Waals surface area (Å²) in [5.41, 5.74) is 3.86. The van der Waals surface area contributed by atoms with E-state index in [-0.39, 0.29) is 12.1 Å². The van der Waals surface area contributed by atoms with Crippen LogP contribution in [0.4, 0.5) is 0 Å². The van der Waals surface area contributed by atoms with Crippen molar-refractivity contribution in [2.24, 2.45) is 5.92 Å². The second-order valence-electron chi connectivity index (χ2n) is 12.3. The number of ether oxygens (including phenoxy) is 1. The van der Waals surface area contributed by atoms with Crippen LogP contribution in [0.3, 0.4) is 0 Å². The molecule has 0 bridgehead atoms. The molecule has 5 fully saturated rings. The van der Waals surface area contributed by atoms with E-state index in [0.29, 0.717) is 30.8 Å². The molecule has 0 aromatic carbocycles. The second kappa shape index (κ2) is 12.9. The lowest BCUT2D eigenvalue weighted by Crippen LogP contribution is -2.63. The van der Waals surface area contributed by atoms with E-state index in [4.69, 9.17) is 4.74 Å². The normalized spacial score (nSPS) is 36.8. The maximum Gasteiger partial charge on any atom is 0.208 e. The Kier molecular flexibility index (Phi) is 9.83. The molecule has 10 heteroatoms. The molecule has 37 heavy (non-hydrogen) atoms. The topological polar surface area (TPSA) is 89.2 Å². The number of hydrazine groups is 1. The Morgan fingerprint density at radius 1 is 0.919 bits per heavy atom. The SMILES string of the molecule is COC1CCC2CCCNC2C1N1CCCN(C(CNS(C)(=O)=O)C2CCN(C3CCCCC3)N2)CC1. The second-order valence-corrected chi connectivity index (χ2v) is 14.2. The van der Waals surface area contributed by atoms with Crippen molar-refractivity contribution in [3.05, 3.63) is 0 Å². The minimum Gasteiger partial charge on any atom is -0.380 e. The lowest BCUT2D eigenvalue weighted by atomic mass is 9.74. The smallest absolute Gasteiger partial charge is 0.208 e. The third kappa shape index (κ3) is 7.06. The molecule has 0 spiro atoms. The van der Waals surface area contributed by atoms with Crippen molar-refractivity contribution >= 4 is 10.0 Å². The van der Waals surface area contributed by atoms with Gasteiger partial charge in [0, 0.05) is 57.5 Å². The quantitative estimate of drug-likeness (QED) is 0.426. The van der Waals surface area contributed by atoms with Crippen LogP contribution in [-0.2, 0) is 14.8 Å². The van der Waals surface area contributed by atoms with E-state index in [1.54, 1.807) is 0 Å². The number of sulfonamides is 1. The molecule has 6 atom stereocenters. The fraction of sp³-hybridized carbons (Fsp3) is 1.00. The summed E-state index contributed by atoms with van der Waals surface area (Å²) in [4.78, 5) is 5.29. The molecule has 2 aliphatic carbocycles. The highest BCUT2D eigenvalue weighted by atomic mass is 32.2. The van der Waals surface area contributed by atoms with Crippen LogP contribution in [-0.4, -0.2) is 119 Å². The molecule has 0 amide bonds. The first-order valence-corrected chi connectivity index (χ1v) is 17.0. The third-order valence-corrected chi connectivity index (χ3v) is 10.7. The summed E-state index contributed by atoms with van der Waals surface area (Å²) >= 11 is 0. The van der Waals surface area contributed by atoms with Crippen LogP contribution in [0, 0.1) is 5.92 Å². The monoisotopic (exact) mass is 540 g/mol. The van der Waals surface area contributed by atoms with E-state index in [9.17, 15) is 8.42 Å². The zero-order valence-electron chi connectivity index (χ0n) is 23.2. The molecule has 0 aromatic rings. The lowest BCUT2D eigenvalue weighted by Gasteiger charge is -2.49. The highest BCUT2D eigenvalue weighted by Crippen LogP contribution is 2.35. The standard InChI is InChI=1S/C27H52N6O3S/c1-36-25-12-11-21-8-6-14-28-26(21)27(25)32-16-7-15-31(18-19-32)24(20-29-37(2,34)35)23-13-17-33(30-23)22-9-4-3-5-10-22/h21-30H,3-20H2,1-2H3. The van der Waals surface area contributed by atoms with Crippen LogP contribution in [0.1, 0.15) is 70.6 Å². The fourth-order valence-electron chi connectivity index (χ4n) is 8.13. The zero-order valence-corrected chi connectivity index (χ0v) is 24.1. The van der Waals surface area contributed by atoms with E-state index < -0.39 is 10.0 Å². The Hall–Kier alpha value is -0.330. The molecule has 3 heterocycles. The van der Waals surface area contributed by atoms with Gasteiger partial charge in [-0.1, -0.05) is 19.3 Å². The van der Waals surface area contributed by atoms with Gasteiger partial charge in [0.05, 0.1) is 18.4 Å². The summed E-state index contributed by atoms with van der Waals surface area (Å²) < 4.78 is 33.1. The molecule has 0 radical (unpaired) electrons. The Balaban J connectivity index is 1.26. The maximum absolute atomic E-state index is 12.1. The van der Waals surface area contributed by atoms with E-state index in [1.165, 1.54) is 57.6 Å². The first kappa shape index (κ1) is 28.2. The minimum absolute atomic E-state index is 0.161. The molecule has 2 saturated carbocycles. The van der Waals surface area contributed by atoms with Gasteiger partial charge in [-0.05, 0) is 76.9 Å². The van der Waals surface area contributed by atoms with Gasteiger partial charge in [0.25, 0.3) is 0 Å². The van der Waals surface area contributed by atoms with Crippen molar-refractivity contribution in [3.63, 3.8) is 0 Å². The molecule has 0 aromatic heterocycles. The largest absolute Gasteiger partial charge is 0.380 e. The maximum atomic E-state index is 12.1. The average molecular weight is 541 g/mol. The van der Waals surface area contributed by atoms with Crippen LogP contribution in [0.2, 0.25) is 0 Å². The molecule has 214 valence electrons. The number of hydrogen-bond acceptors (Lipinski definition) is 8. The van der Waals surface area contributed by atoms with Gasteiger partial charge in [-0.2, -0.15) is 0 Å². The summed E-state index contributed by atoms with van der Waals surface area (Å²) in [6.07, 6.45) is 15.4. The first-order chi connectivity index (χ1) is 17.9. The van der Waals surface area contributed by atoms with Gasteiger partial charge in [0.1, 0.15) is 0 Å². The van der Waals surface area contributed by atoms with E-state index in [1.807, 2.05) is 7.11 Å². The Labute approximate surface area is 225 Å². The van der Waals surface area contributed by atoms with Gasteiger partial charge in [-0.15, -0.1) is 0 Å². The molecule has 3 N–H and O–H groups in total. The van der Waals surface area contributed by atoms with E-state index in [0.717, 1.165) is 64.4 Å². The minimum atomic E-state index is -3.24. The number of nitrogens with one attached hydrogen (secondary N) is 3. The van der Waals surface area contributed by atoms with Crippen LogP contribution >= 0.6 is 0 Å². The number of nitrogens with zero attached hydrogens (tertiary/aromatic N) is 3. The number of hydrogen-bond donors (Lipinski definition) is 3. The predicted octanol–water partition coefficient (Wildman–Crippen LogP) is 1.37. The van der Waals surface area contributed by atoms with Crippen molar-refractivity contribution in [2.75, 3.05) is 59.2 Å². The highest BCUT2D eigenvalue weighted by Gasteiger charge is 2.44. The summed E-state index contributed by atoms with van der Waals surface area (Å²) in [7, 11) is -1.35. The molecule has 3 saturated heterocycles.